The lowest BCUT2D eigenvalue weighted by Crippen LogP contribution is -2.32. The highest BCUT2D eigenvalue weighted by molar-refractivity contribution is 7.99. The Hall–Kier alpha value is -14.3. The minimum atomic E-state index is -0.541. The van der Waals surface area contributed by atoms with E-state index in [1.54, 1.807) is 0 Å². The van der Waals surface area contributed by atoms with Crippen LogP contribution in [0.1, 0.15) is 94.5 Å². The first kappa shape index (κ1) is 69.2. The Labute approximate surface area is 690 Å². The van der Waals surface area contributed by atoms with Crippen LogP contribution in [0, 0.1) is 0 Å². The van der Waals surface area contributed by atoms with Crippen LogP contribution in [0.15, 0.2) is 386 Å². The van der Waals surface area contributed by atoms with E-state index in [9.17, 15) is 0 Å². The molecule has 0 fully saturated rings. The van der Waals surface area contributed by atoms with Crippen LogP contribution < -0.4 is 4.74 Å². The summed E-state index contributed by atoms with van der Waals surface area (Å²) in [5.74, 6) is 5.66. The predicted octanol–water partition coefficient (Wildman–Crippen LogP) is 27.0. The molecule has 4 heterocycles. The molecule has 7 nitrogen and oxygen atoms in total. The van der Waals surface area contributed by atoms with Crippen molar-refractivity contribution in [3.8, 4) is 147 Å². The summed E-state index contributed by atoms with van der Waals surface area (Å²) in [5.41, 5.74) is 34.3. The molecule has 18 aromatic rings. The van der Waals surface area contributed by atoms with E-state index in [2.05, 4.69) is 355 Å². The molecule has 0 radical (unpaired) electrons. The van der Waals surface area contributed by atoms with Crippen LogP contribution in [0.5, 0.6) is 11.5 Å². The summed E-state index contributed by atoms with van der Waals surface area (Å²) in [4.78, 5) is 33.5. The van der Waals surface area contributed by atoms with E-state index < -0.39 is 10.8 Å². The Balaban J connectivity index is 0.000000138. The van der Waals surface area contributed by atoms with Crippen LogP contribution in [0.3, 0.4) is 0 Å². The third-order valence-electron chi connectivity index (χ3n) is 25.7. The summed E-state index contributed by atoms with van der Waals surface area (Å²) in [6, 6.07) is 135. The zero-order valence-corrected chi connectivity index (χ0v) is 66.1. The van der Waals surface area contributed by atoms with E-state index in [1.807, 2.05) is 60.3 Å². The molecule has 4 aliphatic carbocycles. The summed E-state index contributed by atoms with van der Waals surface area (Å²) in [6.07, 6.45) is 0. The lowest BCUT2D eigenvalue weighted by molar-refractivity contribution is 0.437. The van der Waals surface area contributed by atoms with Gasteiger partial charge in [-0.2, -0.15) is 0 Å². The molecule has 24 rings (SSSR count). The lowest BCUT2D eigenvalue weighted by atomic mass is 9.65. The minimum absolute atomic E-state index is 0.200. The standard InChI is InChI=1S/C55H37N3O.C55H37N3S/c2*1-54(2)42-30-29-38(53-57-51(36-17-7-4-8-18-36)56-52(58-53)37-27-25-35(26-28-37)34-15-5-3-6-16-34)33-41(42)49-46(54)31-32-47-50(49)59-48-24-14-13-23-45(48)55(47)43-21-11-9-19-39(43)40-20-10-12-22-44(40)55/h2*3-33H,1-2H3. The van der Waals surface area contributed by atoms with E-state index in [-0.39, 0.29) is 10.8 Å². The second-order valence-electron chi connectivity index (χ2n) is 32.6. The van der Waals surface area contributed by atoms with Gasteiger partial charge in [-0.3, -0.25) is 0 Å². The third kappa shape index (κ3) is 10.3. The van der Waals surface area contributed by atoms with E-state index in [4.69, 9.17) is 34.6 Å². The Morgan fingerprint density at radius 2 is 0.500 bits per heavy atom. The van der Waals surface area contributed by atoms with Gasteiger partial charge in [0, 0.05) is 76.3 Å². The van der Waals surface area contributed by atoms with Gasteiger partial charge in [-0.25, -0.2) is 29.9 Å². The van der Waals surface area contributed by atoms with Crippen molar-refractivity contribution in [3.63, 3.8) is 0 Å². The van der Waals surface area contributed by atoms with Crippen LogP contribution in [0.25, 0.3) is 135 Å². The summed E-state index contributed by atoms with van der Waals surface area (Å²) in [6.45, 7) is 9.39. The van der Waals surface area contributed by atoms with Gasteiger partial charge in [0.2, 0.25) is 0 Å². The molecule has 16 aromatic carbocycles. The fourth-order valence-corrected chi connectivity index (χ4v) is 21.5. The summed E-state index contributed by atoms with van der Waals surface area (Å²) >= 11 is 1.92. The minimum Gasteiger partial charge on any atom is -0.456 e. The van der Waals surface area contributed by atoms with Gasteiger partial charge in [0.05, 0.1) is 10.8 Å². The molecular weight excluding hydrogens is 1450 g/mol. The second kappa shape index (κ2) is 26.6. The van der Waals surface area contributed by atoms with Gasteiger partial charge in [-0.1, -0.05) is 391 Å². The number of rotatable bonds is 8. The van der Waals surface area contributed by atoms with Gasteiger partial charge < -0.3 is 4.74 Å². The Morgan fingerprint density at radius 3 is 0.941 bits per heavy atom. The Bertz CT molecular complexity index is 6640. The van der Waals surface area contributed by atoms with Crippen molar-refractivity contribution >= 4 is 11.8 Å². The van der Waals surface area contributed by atoms with Gasteiger partial charge in [0.1, 0.15) is 11.5 Å². The highest BCUT2D eigenvalue weighted by Gasteiger charge is 2.55. The first-order valence-corrected chi connectivity index (χ1v) is 41.4. The zero-order valence-electron chi connectivity index (χ0n) is 65.3. The zero-order chi connectivity index (χ0) is 78.6. The van der Waals surface area contributed by atoms with Crippen molar-refractivity contribution in [2.75, 3.05) is 0 Å². The van der Waals surface area contributed by atoms with Crippen LogP contribution in [-0.4, -0.2) is 29.9 Å². The van der Waals surface area contributed by atoms with Crippen LogP contribution in [0.4, 0.5) is 0 Å². The molecule has 0 amide bonds. The molecule has 0 saturated heterocycles. The van der Waals surface area contributed by atoms with Crippen molar-refractivity contribution in [1.82, 2.24) is 29.9 Å². The number of ether oxygens (including phenoxy) is 1. The van der Waals surface area contributed by atoms with Gasteiger partial charge in [-0.15, -0.1) is 0 Å². The molecule has 2 aliphatic heterocycles. The van der Waals surface area contributed by atoms with Gasteiger partial charge in [0.15, 0.2) is 34.9 Å². The van der Waals surface area contributed by atoms with Crippen LogP contribution in [-0.2, 0) is 21.7 Å². The van der Waals surface area contributed by atoms with Gasteiger partial charge in [0.25, 0.3) is 0 Å². The van der Waals surface area contributed by atoms with Gasteiger partial charge >= 0.3 is 0 Å². The fraction of sp³-hybridized carbons (Fsp3) is 0.0727. The van der Waals surface area contributed by atoms with E-state index in [0.29, 0.717) is 34.9 Å². The molecular formula is C110H74N6OS. The monoisotopic (exact) mass is 1530 g/mol. The summed E-state index contributed by atoms with van der Waals surface area (Å²) in [7, 11) is 0. The maximum Gasteiger partial charge on any atom is 0.164 e. The van der Waals surface area contributed by atoms with E-state index >= 15 is 0 Å². The van der Waals surface area contributed by atoms with Crippen molar-refractivity contribution in [2.45, 2.75) is 59.1 Å². The van der Waals surface area contributed by atoms with E-state index in [0.717, 1.165) is 72.7 Å². The molecule has 0 saturated carbocycles. The number of aromatic nitrogens is 6. The van der Waals surface area contributed by atoms with Crippen LogP contribution in [0.2, 0.25) is 0 Å². The number of para-hydroxylation sites is 1. The molecule has 6 aliphatic rings. The summed E-state index contributed by atoms with van der Waals surface area (Å²) < 4.78 is 7.19. The number of benzene rings is 16. The smallest absolute Gasteiger partial charge is 0.164 e. The first-order chi connectivity index (χ1) is 58.0. The highest BCUT2D eigenvalue weighted by Crippen LogP contribution is 2.68. The maximum absolute atomic E-state index is 7.19. The number of nitrogens with zero attached hydrogens (tertiary/aromatic N) is 6. The van der Waals surface area contributed by atoms with E-state index in [1.165, 1.54) is 115 Å². The molecule has 556 valence electrons. The van der Waals surface area contributed by atoms with Gasteiger partial charge in [-0.05, 0) is 136 Å². The molecule has 2 aromatic heterocycles. The van der Waals surface area contributed by atoms with Crippen molar-refractivity contribution in [2.24, 2.45) is 0 Å². The molecule has 2 spiro atoms. The molecule has 0 unspecified atom stereocenters. The first-order valence-electron chi connectivity index (χ1n) is 40.5. The molecule has 0 atom stereocenters. The molecule has 0 N–H and O–H groups in total. The normalized spacial score (nSPS) is 14.4. The SMILES string of the molecule is CC1(C)c2ccc(-c3nc(-c4ccccc4)nc(-c4ccc(-c5ccccc5)cc4)n3)cc2-c2c1ccc1c2Oc2ccccc2C12c1ccccc1-c1ccccc12.CC1(C)c2ccc(-c3nc(-c4ccccc4)nc(-c4ccc(-c5ccccc5)cc4)n3)cc2-c2c1ccc1c2Sc2ccccc2C12c1ccccc1-c1ccccc12. The average Bonchev–Trinajstić information content (AvgIpc) is 1.50. The number of hydrogen-bond donors (Lipinski definition) is 0. The lowest BCUT2D eigenvalue weighted by Gasteiger charge is -2.40. The topological polar surface area (TPSA) is 86.6 Å². The average molecular weight is 1530 g/mol. The molecule has 0 bridgehead atoms. The Kier molecular flexibility index (Phi) is 15.6. The number of fused-ring (bicyclic) bond motifs is 26. The second-order valence-corrected chi connectivity index (χ2v) is 33.7. The summed E-state index contributed by atoms with van der Waals surface area (Å²) in [5, 5.41) is 0. The third-order valence-corrected chi connectivity index (χ3v) is 26.9. The quantitative estimate of drug-likeness (QED) is 0.149. The fourth-order valence-electron chi connectivity index (χ4n) is 20.2. The van der Waals surface area contributed by atoms with Crippen molar-refractivity contribution < 1.29 is 4.74 Å². The maximum atomic E-state index is 7.19. The molecule has 118 heavy (non-hydrogen) atoms. The molecule has 8 heteroatoms. The number of hydrogen-bond acceptors (Lipinski definition) is 8. The van der Waals surface area contributed by atoms with Crippen molar-refractivity contribution in [1.29, 1.82) is 0 Å². The van der Waals surface area contributed by atoms with Crippen LogP contribution >= 0.6 is 11.8 Å². The highest BCUT2D eigenvalue weighted by atomic mass is 32.2. The Morgan fingerprint density at radius 1 is 0.212 bits per heavy atom. The largest absolute Gasteiger partial charge is 0.456 e. The van der Waals surface area contributed by atoms with Crippen molar-refractivity contribution in [3.05, 3.63) is 443 Å². The predicted molar refractivity (Wildman–Crippen MR) is 477 cm³/mol.